The maximum Gasteiger partial charge on any atom is 0.334 e. The number of nitrogens with one attached hydrogen (secondary N) is 1. The molecule has 0 saturated carbocycles. The Labute approximate surface area is 92.7 Å². The smallest absolute Gasteiger partial charge is 0.324 e. The van der Waals surface area contributed by atoms with Gasteiger partial charge in [-0.15, -0.1) is 10.3 Å². The maximum atomic E-state index is 12.8. The molecule has 1 rings (SSSR count). The summed E-state index contributed by atoms with van der Waals surface area (Å²) in [5.74, 6) is 1.52. The number of hydrogen-bond donors (Lipinski definition) is 1. The molecule has 0 spiro atoms. The van der Waals surface area contributed by atoms with Crippen LogP contribution in [0.1, 0.15) is 6.42 Å². The molecule has 6 heteroatoms. The molecule has 0 fully saturated rings. The third-order valence-electron chi connectivity index (χ3n) is 1.69. The van der Waals surface area contributed by atoms with E-state index in [1.54, 1.807) is 0 Å². The highest BCUT2D eigenvalue weighted by Gasteiger charge is 2.17. The molecule has 0 aromatic heterocycles. The van der Waals surface area contributed by atoms with Crippen LogP contribution in [-0.2, 0) is 15.0 Å². The molecule has 0 heterocycles. The number of terminal acetylenes is 1. The van der Waals surface area contributed by atoms with E-state index in [0.717, 1.165) is 6.07 Å². The first-order chi connectivity index (χ1) is 7.45. The van der Waals surface area contributed by atoms with E-state index in [1.807, 2.05) is 0 Å². The van der Waals surface area contributed by atoms with Crippen LogP contribution in [-0.4, -0.2) is 14.3 Å². The fourth-order valence-corrected chi connectivity index (χ4v) is 1.69. The predicted molar refractivity (Wildman–Crippen MR) is 56.8 cm³/mol. The molecule has 0 aliphatic rings. The number of carbonyl (C=O) groups is 1. The third kappa shape index (κ3) is 3.07. The lowest BCUT2D eigenvalue weighted by Gasteiger charge is -2.06. The van der Waals surface area contributed by atoms with Crippen LogP contribution < -0.4 is 5.32 Å². The summed E-state index contributed by atoms with van der Waals surface area (Å²) >= 11 is 0. The standard InChI is InChI=1S/C10H8FNO3S/c1-2-5-10(13)12-8-6-3-4-7-9(8)16(11,14)15/h1,3-4,6-7H,5H2,(H,12,13). The van der Waals surface area contributed by atoms with E-state index in [0.29, 0.717) is 0 Å². The van der Waals surface area contributed by atoms with Gasteiger partial charge in [-0.25, -0.2) is 0 Å². The van der Waals surface area contributed by atoms with Crippen molar-refractivity contribution >= 4 is 21.8 Å². The van der Waals surface area contributed by atoms with Gasteiger partial charge in [0.1, 0.15) is 4.90 Å². The highest BCUT2D eigenvalue weighted by Crippen LogP contribution is 2.22. The highest BCUT2D eigenvalue weighted by molar-refractivity contribution is 7.86. The minimum absolute atomic E-state index is 0.120. The Hall–Kier alpha value is -1.87. The van der Waals surface area contributed by atoms with Crippen molar-refractivity contribution in [3.63, 3.8) is 0 Å². The number of para-hydroxylation sites is 1. The molecule has 1 aromatic rings. The van der Waals surface area contributed by atoms with Gasteiger partial charge in [-0.2, -0.15) is 8.42 Å². The summed E-state index contributed by atoms with van der Waals surface area (Å²) in [7, 11) is -4.86. The van der Waals surface area contributed by atoms with Gasteiger partial charge in [0.05, 0.1) is 12.1 Å². The second kappa shape index (κ2) is 4.77. The largest absolute Gasteiger partial charge is 0.334 e. The summed E-state index contributed by atoms with van der Waals surface area (Å²) in [5, 5.41) is 2.22. The predicted octanol–water partition coefficient (Wildman–Crippen LogP) is 1.31. The SMILES string of the molecule is C#CCC(=O)Nc1ccccc1S(=O)(=O)F. The number of halogens is 1. The monoisotopic (exact) mass is 241 g/mol. The molecule has 0 radical (unpaired) electrons. The summed E-state index contributed by atoms with van der Waals surface area (Å²) in [6, 6.07) is 5.16. The van der Waals surface area contributed by atoms with E-state index in [4.69, 9.17) is 6.42 Å². The molecule has 4 nitrogen and oxygen atoms in total. The zero-order valence-electron chi connectivity index (χ0n) is 8.10. The molecule has 1 N–H and O–H groups in total. The van der Waals surface area contributed by atoms with Gasteiger partial charge >= 0.3 is 10.2 Å². The van der Waals surface area contributed by atoms with Crippen LogP contribution in [0.3, 0.4) is 0 Å². The fraction of sp³-hybridized carbons (Fsp3) is 0.100. The number of hydrogen-bond acceptors (Lipinski definition) is 3. The van der Waals surface area contributed by atoms with Gasteiger partial charge in [0.2, 0.25) is 5.91 Å². The molecule has 0 bridgehead atoms. The average Bonchev–Trinajstić information content (AvgIpc) is 2.17. The Balaban J connectivity index is 3.07. The molecule has 0 aliphatic heterocycles. The zero-order valence-corrected chi connectivity index (χ0v) is 8.92. The second-order valence-corrected chi connectivity index (χ2v) is 4.18. The molecule has 0 atom stereocenters. The number of anilines is 1. The Morgan fingerprint density at radius 3 is 2.62 bits per heavy atom. The van der Waals surface area contributed by atoms with Crippen molar-refractivity contribution in [2.75, 3.05) is 5.32 Å². The molecule has 1 aromatic carbocycles. The minimum Gasteiger partial charge on any atom is -0.324 e. The minimum atomic E-state index is -4.86. The molecule has 1 amide bonds. The normalized spacial score (nSPS) is 10.5. The van der Waals surface area contributed by atoms with Crippen LogP contribution in [0.5, 0.6) is 0 Å². The van der Waals surface area contributed by atoms with Gasteiger partial charge in [0.25, 0.3) is 0 Å². The van der Waals surface area contributed by atoms with Gasteiger partial charge < -0.3 is 5.32 Å². The first-order valence-corrected chi connectivity index (χ1v) is 5.60. The Kier molecular flexibility index (Phi) is 3.64. The lowest BCUT2D eigenvalue weighted by Crippen LogP contribution is -2.12. The van der Waals surface area contributed by atoms with Crippen LogP contribution in [0.2, 0.25) is 0 Å². The number of carbonyl (C=O) groups excluding carboxylic acids is 1. The van der Waals surface area contributed by atoms with Crippen molar-refractivity contribution in [2.45, 2.75) is 11.3 Å². The van der Waals surface area contributed by atoms with Crippen LogP contribution in [0.4, 0.5) is 9.57 Å². The Morgan fingerprint density at radius 2 is 2.06 bits per heavy atom. The van der Waals surface area contributed by atoms with Crippen molar-refractivity contribution < 1.29 is 17.1 Å². The number of rotatable bonds is 3. The van der Waals surface area contributed by atoms with Crippen LogP contribution in [0.15, 0.2) is 29.2 Å². The fourth-order valence-electron chi connectivity index (χ4n) is 1.07. The first kappa shape index (κ1) is 12.2. The van der Waals surface area contributed by atoms with E-state index >= 15 is 0 Å². The summed E-state index contributed by atoms with van der Waals surface area (Å²) in [4.78, 5) is 10.5. The average molecular weight is 241 g/mol. The van der Waals surface area contributed by atoms with E-state index in [-0.39, 0.29) is 12.1 Å². The second-order valence-electron chi connectivity index (χ2n) is 2.86. The van der Waals surface area contributed by atoms with E-state index in [2.05, 4.69) is 11.2 Å². The van der Waals surface area contributed by atoms with Crippen molar-refractivity contribution in [3.05, 3.63) is 24.3 Å². The molecule has 16 heavy (non-hydrogen) atoms. The molecule has 0 unspecified atom stereocenters. The summed E-state index contributed by atoms with van der Waals surface area (Å²) in [5.41, 5.74) is -0.120. The maximum absolute atomic E-state index is 12.8. The van der Waals surface area contributed by atoms with Crippen LogP contribution >= 0.6 is 0 Å². The van der Waals surface area contributed by atoms with Crippen LogP contribution in [0, 0.1) is 12.3 Å². The molecule has 84 valence electrons. The number of amides is 1. The summed E-state index contributed by atoms with van der Waals surface area (Å²) < 4.78 is 34.3. The molecular weight excluding hydrogens is 233 g/mol. The lowest BCUT2D eigenvalue weighted by atomic mass is 10.3. The molecule has 0 aliphatic carbocycles. The molecule has 0 saturated heterocycles. The number of benzene rings is 1. The van der Waals surface area contributed by atoms with Crippen molar-refractivity contribution in [3.8, 4) is 12.3 Å². The van der Waals surface area contributed by atoms with Gasteiger partial charge in [0.15, 0.2) is 0 Å². The quantitative estimate of drug-likeness (QED) is 0.641. The van der Waals surface area contributed by atoms with E-state index in [9.17, 15) is 17.1 Å². The Morgan fingerprint density at radius 1 is 1.44 bits per heavy atom. The van der Waals surface area contributed by atoms with Gasteiger partial charge in [-0.1, -0.05) is 18.1 Å². The van der Waals surface area contributed by atoms with Gasteiger partial charge in [-0.05, 0) is 12.1 Å². The van der Waals surface area contributed by atoms with E-state index in [1.165, 1.54) is 18.2 Å². The van der Waals surface area contributed by atoms with Crippen molar-refractivity contribution in [1.29, 1.82) is 0 Å². The molecular formula is C10H8FNO3S. The zero-order chi connectivity index (χ0) is 12.2. The van der Waals surface area contributed by atoms with Crippen LogP contribution in [0.25, 0.3) is 0 Å². The van der Waals surface area contributed by atoms with E-state index < -0.39 is 21.0 Å². The first-order valence-electron chi connectivity index (χ1n) is 4.22. The topological polar surface area (TPSA) is 63.2 Å². The Bertz CT molecular complexity index is 545. The summed E-state index contributed by atoms with van der Waals surface area (Å²) in [6.07, 6.45) is 4.70. The summed E-state index contributed by atoms with van der Waals surface area (Å²) in [6.45, 7) is 0. The lowest BCUT2D eigenvalue weighted by molar-refractivity contribution is -0.115. The van der Waals surface area contributed by atoms with Crippen molar-refractivity contribution in [2.24, 2.45) is 0 Å². The van der Waals surface area contributed by atoms with Gasteiger partial charge in [0, 0.05) is 0 Å². The highest BCUT2D eigenvalue weighted by atomic mass is 32.3. The van der Waals surface area contributed by atoms with Crippen molar-refractivity contribution in [1.82, 2.24) is 0 Å². The third-order valence-corrected chi connectivity index (χ3v) is 2.57. The van der Waals surface area contributed by atoms with Gasteiger partial charge in [-0.3, -0.25) is 4.79 Å².